The van der Waals surface area contributed by atoms with Gasteiger partial charge in [0, 0.05) is 19.2 Å². The van der Waals surface area contributed by atoms with Crippen LogP contribution < -0.4 is 14.4 Å². The van der Waals surface area contributed by atoms with Crippen molar-refractivity contribution >= 4 is 23.1 Å². The molecule has 0 radical (unpaired) electrons. The summed E-state index contributed by atoms with van der Waals surface area (Å²) >= 11 is 0. The Morgan fingerprint density at radius 3 is 2.40 bits per heavy atom. The van der Waals surface area contributed by atoms with Crippen LogP contribution in [0.1, 0.15) is 25.3 Å². The number of nitrogens with zero attached hydrogens (tertiary/aromatic N) is 2. The number of ether oxygens (including phenoxy) is 2. The van der Waals surface area contributed by atoms with Crippen molar-refractivity contribution in [3.05, 3.63) is 59.8 Å². The summed E-state index contributed by atoms with van der Waals surface area (Å²) in [6.07, 6.45) is 2.12. The van der Waals surface area contributed by atoms with Gasteiger partial charge in [-0.3, -0.25) is 9.59 Å². The van der Waals surface area contributed by atoms with Crippen LogP contribution >= 0.6 is 0 Å². The molecule has 0 saturated carbocycles. The Kier molecular flexibility index (Phi) is 5.48. The van der Waals surface area contributed by atoms with Gasteiger partial charge in [0.15, 0.2) is 0 Å². The molecule has 4 rings (SSSR count). The van der Waals surface area contributed by atoms with E-state index in [1.807, 2.05) is 30.3 Å². The van der Waals surface area contributed by atoms with Crippen LogP contribution in [0.15, 0.2) is 54.2 Å². The lowest BCUT2D eigenvalue weighted by Gasteiger charge is -2.33. The van der Waals surface area contributed by atoms with Crippen LogP contribution in [0, 0.1) is 5.92 Å². The van der Waals surface area contributed by atoms with Crippen LogP contribution in [0.4, 0.5) is 5.69 Å². The number of imide groups is 1. The summed E-state index contributed by atoms with van der Waals surface area (Å²) in [5.41, 5.74) is 2.05. The lowest BCUT2D eigenvalue weighted by atomic mass is 9.98. The minimum atomic E-state index is -0.342. The molecule has 2 aliphatic heterocycles. The van der Waals surface area contributed by atoms with Crippen molar-refractivity contribution in [2.24, 2.45) is 5.92 Å². The number of anilines is 1. The average Bonchev–Trinajstić information content (AvgIpc) is 3.03. The number of carbonyl (C=O) groups is 2. The first kappa shape index (κ1) is 20.0. The summed E-state index contributed by atoms with van der Waals surface area (Å²) in [4.78, 5) is 30.6. The number of rotatable bonds is 5. The normalized spacial score (nSPS) is 19.5. The molecule has 2 aromatic carbocycles. The first-order chi connectivity index (χ1) is 14.5. The molecular formula is C24H26N2O4. The van der Waals surface area contributed by atoms with E-state index in [-0.39, 0.29) is 11.8 Å². The number of methoxy groups -OCH3 is 2. The van der Waals surface area contributed by atoms with E-state index in [0.717, 1.165) is 31.5 Å². The molecule has 6 heteroatoms. The Hall–Kier alpha value is -3.28. The van der Waals surface area contributed by atoms with Crippen molar-refractivity contribution in [1.29, 1.82) is 0 Å². The van der Waals surface area contributed by atoms with Crippen molar-refractivity contribution in [2.75, 3.05) is 32.2 Å². The van der Waals surface area contributed by atoms with Crippen LogP contribution in [0.2, 0.25) is 0 Å². The average molecular weight is 406 g/mol. The lowest BCUT2D eigenvalue weighted by Crippen LogP contribution is -2.39. The number of hydrogen-bond donors (Lipinski definition) is 0. The molecule has 1 atom stereocenters. The van der Waals surface area contributed by atoms with E-state index in [2.05, 4.69) is 11.8 Å². The van der Waals surface area contributed by atoms with Crippen molar-refractivity contribution in [2.45, 2.75) is 19.8 Å². The van der Waals surface area contributed by atoms with Gasteiger partial charge in [0.2, 0.25) is 0 Å². The minimum absolute atomic E-state index is 0.320. The highest BCUT2D eigenvalue weighted by atomic mass is 16.5. The van der Waals surface area contributed by atoms with Crippen molar-refractivity contribution in [1.82, 2.24) is 4.90 Å². The van der Waals surface area contributed by atoms with Gasteiger partial charge in [0.1, 0.15) is 17.2 Å². The molecule has 0 spiro atoms. The fourth-order valence-corrected chi connectivity index (χ4v) is 4.26. The maximum atomic E-state index is 13.7. The summed E-state index contributed by atoms with van der Waals surface area (Å²) in [6, 6.07) is 14.5. The predicted octanol–water partition coefficient (Wildman–Crippen LogP) is 3.72. The maximum Gasteiger partial charge on any atom is 0.282 e. The molecule has 1 fully saturated rings. The lowest BCUT2D eigenvalue weighted by molar-refractivity contribution is -0.120. The third-order valence-corrected chi connectivity index (χ3v) is 5.72. The van der Waals surface area contributed by atoms with Crippen molar-refractivity contribution in [3.63, 3.8) is 0 Å². The molecule has 1 unspecified atom stereocenters. The van der Waals surface area contributed by atoms with Gasteiger partial charge in [-0.05, 0) is 36.5 Å². The van der Waals surface area contributed by atoms with E-state index in [1.165, 1.54) is 12.0 Å². The van der Waals surface area contributed by atoms with Gasteiger partial charge in [-0.25, -0.2) is 4.90 Å². The molecule has 2 aromatic rings. The molecule has 6 nitrogen and oxygen atoms in total. The third-order valence-electron chi connectivity index (χ3n) is 5.72. The highest BCUT2D eigenvalue weighted by Crippen LogP contribution is 2.41. The predicted molar refractivity (Wildman–Crippen MR) is 115 cm³/mol. The zero-order chi connectivity index (χ0) is 21.3. The minimum Gasteiger partial charge on any atom is -0.497 e. The van der Waals surface area contributed by atoms with Crippen molar-refractivity contribution in [3.8, 4) is 11.5 Å². The Morgan fingerprint density at radius 1 is 0.967 bits per heavy atom. The first-order valence-corrected chi connectivity index (χ1v) is 10.2. The van der Waals surface area contributed by atoms with Crippen LogP contribution in [0.3, 0.4) is 0 Å². The summed E-state index contributed by atoms with van der Waals surface area (Å²) in [5.74, 6) is 0.794. The standard InChI is InChI=1S/C24H26N2O4/c1-16-8-7-13-25(15-16)22-21(17-9-5-4-6-10-17)23(27)26(24(22)28)19-14-18(29-2)11-12-20(19)30-3/h4-6,9-12,14,16H,7-8,13,15H2,1-3H3. The summed E-state index contributed by atoms with van der Waals surface area (Å²) in [5, 5.41) is 0. The number of hydrogen-bond acceptors (Lipinski definition) is 5. The number of amides is 2. The molecule has 0 aromatic heterocycles. The smallest absolute Gasteiger partial charge is 0.282 e. The van der Waals surface area contributed by atoms with E-state index >= 15 is 0 Å². The Bertz CT molecular complexity index is 1000. The molecule has 30 heavy (non-hydrogen) atoms. The molecule has 2 aliphatic rings. The Morgan fingerprint density at radius 2 is 1.73 bits per heavy atom. The van der Waals surface area contributed by atoms with E-state index < -0.39 is 0 Å². The van der Waals surface area contributed by atoms with Crippen LogP contribution in [0.5, 0.6) is 11.5 Å². The van der Waals surface area contributed by atoms with Crippen LogP contribution in [0.25, 0.3) is 5.57 Å². The maximum absolute atomic E-state index is 13.7. The van der Waals surface area contributed by atoms with Gasteiger partial charge in [-0.15, -0.1) is 0 Å². The molecule has 156 valence electrons. The third kappa shape index (κ3) is 3.43. The fraction of sp³-hybridized carbons (Fsp3) is 0.333. The molecule has 0 aliphatic carbocycles. The first-order valence-electron chi connectivity index (χ1n) is 10.2. The summed E-state index contributed by atoms with van der Waals surface area (Å²) in [6.45, 7) is 3.70. The van der Waals surface area contributed by atoms with E-state index in [4.69, 9.17) is 9.47 Å². The SMILES string of the molecule is COc1ccc(OC)c(N2C(=O)C(c3ccccc3)=C(N3CCCC(C)C3)C2=O)c1. The van der Waals surface area contributed by atoms with Gasteiger partial charge in [0.25, 0.3) is 11.8 Å². The number of benzene rings is 2. The summed E-state index contributed by atoms with van der Waals surface area (Å²) in [7, 11) is 3.07. The second-order valence-corrected chi connectivity index (χ2v) is 7.77. The van der Waals surface area contributed by atoms with E-state index in [0.29, 0.717) is 34.4 Å². The number of carbonyl (C=O) groups excluding carboxylic acids is 2. The number of likely N-dealkylation sites (tertiary alicyclic amines) is 1. The molecule has 2 amide bonds. The quantitative estimate of drug-likeness (QED) is 0.709. The molecule has 0 bridgehead atoms. The zero-order valence-electron chi connectivity index (χ0n) is 17.6. The molecule has 0 N–H and O–H groups in total. The van der Waals surface area contributed by atoms with Gasteiger partial charge in [-0.1, -0.05) is 37.3 Å². The Balaban J connectivity index is 1.85. The second kappa shape index (κ2) is 8.22. The van der Waals surface area contributed by atoms with Crippen LogP contribution in [-0.2, 0) is 9.59 Å². The topological polar surface area (TPSA) is 59.1 Å². The zero-order valence-corrected chi connectivity index (χ0v) is 17.6. The number of piperidine rings is 1. The molecule has 2 heterocycles. The Labute approximate surface area is 176 Å². The fourth-order valence-electron chi connectivity index (χ4n) is 4.26. The van der Waals surface area contributed by atoms with E-state index in [9.17, 15) is 9.59 Å². The molecular weight excluding hydrogens is 380 g/mol. The van der Waals surface area contributed by atoms with Gasteiger partial charge >= 0.3 is 0 Å². The van der Waals surface area contributed by atoms with Gasteiger partial charge < -0.3 is 14.4 Å². The van der Waals surface area contributed by atoms with Crippen molar-refractivity contribution < 1.29 is 19.1 Å². The molecule has 1 saturated heterocycles. The highest BCUT2D eigenvalue weighted by Gasteiger charge is 2.44. The van der Waals surface area contributed by atoms with Gasteiger partial charge in [0.05, 0.1) is 25.5 Å². The highest BCUT2D eigenvalue weighted by molar-refractivity contribution is 6.45. The van der Waals surface area contributed by atoms with E-state index in [1.54, 1.807) is 25.3 Å². The second-order valence-electron chi connectivity index (χ2n) is 7.77. The monoisotopic (exact) mass is 406 g/mol. The van der Waals surface area contributed by atoms with Gasteiger partial charge in [-0.2, -0.15) is 0 Å². The van der Waals surface area contributed by atoms with Crippen LogP contribution in [-0.4, -0.2) is 44.0 Å². The summed E-state index contributed by atoms with van der Waals surface area (Å²) < 4.78 is 10.8. The largest absolute Gasteiger partial charge is 0.497 e.